The molecule has 0 atom stereocenters. The third-order valence-corrected chi connectivity index (χ3v) is 3.94. The van der Waals surface area contributed by atoms with Gasteiger partial charge in [-0.15, -0.1) is 11.8 Å². The van der Waals surface area contributed by atoms with E-state index >= 15 is 0 Å². The molecule has 0 heterocycles. The SMILES string of the molecule is CC(=O)c1ccc(SCCOc2ccccc2C)cc1. The summed E-state index contributed by atoms with van der Waals surface area (Å²) in [6, 6.07) is 15.7. The Hall–Kier alpha value is -1.74. The maximum atomic E-state index is 11.2. The monoisotopic (exact) mass is 286 g/mol. The van der Waals surface area contributed by atoms with Crippen LogP contribution in [0.5, 0.6) is 5.75 Å². The van der Waals surface area contributed by atoms with Crippen molar-refractivity contribution >= 4 is 17.5 Å². The number of rotatable bonds is 6. The number of thioether (sulfide) groups is 1. The van der Waals surface area contributed by atoms with Crippen LogP contribution in [0.1, 0.15) is 22.8 Å². The van der Waals surface area contributed by atoms with Gasteiger partial charge in [-0.1, -0.05) is 30.3 Å². The molecule has 2 aromatic rings. The van der Waals surface area contributed by atoms with Gasteiger partial charge in [0.15, 0.2) is 5.78 Å². The first-order chi connectivity index (χ1) is 9.66. The molecule has 2 aromatic carbocycles. The van der Waals surface area contributed by atoms with Crippen LogP contribution >= 0.6 is 11.8 Å². The predicted molar refractivity (Wildman–Crippen MR) is 83.8 cm³/mol. The number of carbonyl (C=O) groups is 1. The molecular weight excluding hydrogens is 268 g/mol. The Morgan fingerprint density at radius 3 is 2.45 bits per heavy atom. The summed E-state index contributed by atoms with van der Waals surface area (Å²) in [5.74, 6) is 1.93. The lowest BCUT2D eigenvalue weighted by Crippen LogP contribution is -2.01. The minimum absolute atomic E-state index is 0.101. The molecule has 0 spiro atoms. The summed E-state index contributed by atoms with van der Waals surface area (Å²) in [5, 5.41) is 0. The second-order valence-electron chi connectivity index (χ2n) is 4.54. The van der Waals surface area contributed by atoms with Crippen molar-refractivity contribution in [3.05, 3.63) is 59.7 Å². The summed E-state index contributed by atoms with van der Waals surface area (Å²) in [5.41, 5.74) is 1.91. The van der Waals surface area contributed by atoms with Crippen molar-refractivity contribution in [2.24, 2.45) is 0 Å². The van der Waals surface area contributed by atoms with Crippen LogP contribution in [-0.4, -0.2) is 18.1 Å². The molecule has 0 fully saturated rings. The zero-order valence-corrected chi connectivity index (χ0v) is 12.6. The van der Waals surface area contributed by atoms with Crippen molar-refractivity contribution in [1.29, 1.82) is 0 Å². The first kappa shape index (κ1) is 14.7. The van der Waals surface area contributed by atoms with E-state index in [0.29, 0.717) is 6.61 Å². The average Bonchev–Trinajstić information content (AvgIpc) is 2.46. The fourth-order valence-electron chi connectivity index (χ4n) is 1.82. The van der Waals surface area contributed by atoms with E-state index in [4.69, 9.17) is 4.74 Å². The van der Waals surface area contributed by atoms with Gasteiger partial charge in [-0.05, 0) is 37.6 Å². The molecule has 0 saturated carbocycles. The average molecular weight is 286 g/mol. The van der Waals surface area contributed by atoms with Crippen LogP contribution in [0.4, 0.5) is 0 Å². The smallest absolute Gasteiger partial charge is 0.159 e. The Kier molecular flexibility index (Phi) is 5.24. The quantitative estimate of drug-likeness (QED) is 0.448. The Bertz CT molecular complexity index is 576. The lowest BCUT2D eigenvalue weighted by atomic mass is 10.2. The first-order valence-electron chi connectivity index (χ1n) is 6.59. The molecule has 0 N–H and O–H groups in total. The van der Waals surface area contributed by atoms with E-state index in [2.05, 4.69) is 0 Å². The molecule has 0 saturated heterocycles. The summed E-state index contributed by atoms with van der Waals surface area (Å²) < 4.78 is 5.75. The largest absolute Gasteiger partial charge is 0.492 e. The number of aryl methyl sites for hydroxylation is 1. The molecule has 20 heavy (non-hydrogen) atoms. The predicted octanol–water partition coefficient (Wildman–Crippen LogP) is 4.37. The van der Waals surface area contributed by atoms with E-state index in [1.165, 1.54) is 0 Å². The zero-order valence-electron chi connectivity index (χ0n) is 11.8. The second kappa shape index (κ2) is 7.15. The Morgan fingerprint density at radius 2 is 1.80 bits per heavy atom. The third-order valence-electron chi connectivity index (χ3n) is 2.96. The minimum atomic E-state index is 0.101. The number of ether oxygens (including phenoxy) is 1. The van der Waals surface area contributed by atoms with Gasteiger partial charge >= 0.3 is 0 Å². The number of benzene rings is 2. The normalized spacial score (nSPS) is 10.3. The lowest BCUT2D eigenvalue weighted by molar-refractivity contribution is 0.101. The highest BCUT2D eigenvalue weighted by Gasteiger charge is 2.01. The summed E-state index contributed by atoms with van der Waals surface area (Å²) in [6.45, 7) is 4.30. The molecule has 0 radical (unpaired) electrons. The van der Waals surface area contributed by atoms with Crippen LogP contribution in [0.25, 0.3) is 0 Å². The highest BCUT2D eigenvalue weighted by Crippen LogP contribution is 2.20. The summed E-state index contributed by atoms with van der Waals surface area (Å²) in [7, 11) is 0. The fourth-order valence-corrected chi connectivity index (χ4v) is 2.55. The molecule has 0 amide bonds. The summed E-state index contributed by atoms with van der Waals surface area (Å²) in [4.78, 5) is 12.3. The lowest BCUT2D eigenvalue weighted by Gasteiger charge is -2.08. The van der Waals surface area contributed by atoms with Gasteiger partial charge < -0.3 is 4.74 Å². The molecule has 0 aliphatic carbocycles. The van der Waals surface area contributed by atoms with E-state index in [0.717, 1.165) is 27.5 Å². The standard InChI is InChI=1S/C17H18O2S/c1-13-5-3-4-6-17(13)19-11-12-20-16-9-7-15(8-10-16)14(2)18/h3-10H,11-12H2,1-2H3. The van der Waals surface area contributed by atoms with E-state index in [1.807, 2.05) is 55.5 Å². The molecule has 2 rings (SSSR count). The number of ketones is 1. The molecule has 104 valence electrons. The van der Waals surface area contributed by atoms with Gasteiger partial charge in [0.2, 0.25) is 0 Å². The molecule has 0 aliphatic rings. The van der Waals surface area contributed by atoms with Crippen molar-refractivity contribution in [2.45, 2.75) is 18.7 Å². The van der Waals surface area contributed by atoms with E-state index < -0.39 is 0 Å². The number of hydrogen-bond donors (Lipinski definition) is 0. The van der Waals surface area contributed by atoms with Crippen LogP contribution in [0.2, 0.25) is 0 Å². The van der Waals surface area contributed by atoms with E-state index in [9.17, 15) is 4.79 Å². The number of carbonyl (C=O) groups excluding carboxylic acids is 1. The Morgan fingerprint density at radius 1 is 1.10 bits per heavy atom. The van der Waals surface area contributed by atoms with E-state index in [-0.39, 0.29) is 5.78 Å². The van der Waals surface area contributed by atoms with Gasteiger partial charge in [0.1, 0.15) is 5.75 Å². The van der Waals surface area contributed by atoms with Gasteiger partial charge in [-0.3, -0.25) is 4.79 Å². The molecule has 0 aliphatic heterocycles. The Labute approximate surface area is 124 Å². The molecule has 3 heteroatoms. The van der Waals surface area contributed by atoms with Crippen LogP contribution in [0.3, 0.4) is 0 Å². The zero-order chi connectivity index (χ0) is 14.4. The molecule has 0 bridgehead atoms. The molecule has 0 unspecified atom stereocenters. The van der Waals surface area contributed by atoms with Gasteiger partial charge in [0.25, 0.3) is 0 Å². The van der Waals surface area contributed by atoms with Crippen molar-refractivity contribution in [2.75, 3.05) is 12.4 Å². The topological polar surface area (TPSA) is 26.3 Å². The van der Waals surface area contributed by atoms with Crippen LogP contribution in [0.15, 0.2) is 53.4 Å². The number of Topliss-reactive ketones (excluding diaryl/α,β-unsaturated/α-hetero) is 1. The van der Waals surface area contributed by atoms with Crippen molar-refractivity contribution in [1.82, 2.24) is 0 Å². The Balaban J connectivity index is 1.79. The van der Waals surface area contributed by atoms with Crippen LogP contribution < -0.4 is 4.74 Å². The van der Waals surface area contributed by atoms with Gasteiger partial charge in [-0.25, -0.2) is 0 Å². The fraction of sp³-hybridized carbons (Fsp3) is 0.235. The number of hydrogen-bond acceptors (Lipinski definition) is 3. The second-order valence-corrected chi connectivity index (χ2v) is 5.71. The minimum Gasteiger partial charge on any atom is -0.492 e. The summed E-state index contributed by atoms with van der Waals surface area (Å²) >= 11 is 1.73. The van der Waals surface area contributed by atoms with Gasteiger partial charge in [0.05, 0.1) is 6.61 Å². The molecule has 0 aromatic heterocycles. The third kappa shape index (κ3) is 4.14. The van der Waals surface area contributed by atoms with Crippen LogP contribution in [0, 0.1) is 6.92 Å². The van der Waals surface area contributed by atoms with Crippen LogP contribution in [-0.2, 0) is 0 Å². The van der Waals surface area contributed by atoms with Crippen molar-refractivity contribution < 1.29 is 9.53 Å². The highest BCUT2D eigenvalue weighted by molar-refractivity contribution is 7.99. The van der Waals surface area contributed by atoms with E-state index in [1.54, 1.807) is 18.7 Å². The first-order valence-corrected chi connectivity index (χ1v) is 7.57. The highest BCUT2D eigenvalue weighted by atomic mass is 32.2. The number of para-hydroxylation sites is 1. The van der Waals surface area contributed by atoms with Gasteiger partial charge in [0, 0.05) is 16.2 Å². The van der Waals surface area contributed by atoms with Gasteiger partial charge in [-0.2, -0.15) is 0 Å². The molecular formula is C17H18O2S. The van der Waals surface area contributed by atoms with Crippen molar-refractivity contribution in [3.63, 3.8) is 0 Å². The molecule has 2 nitrogen and oxygen atoms in total. The summed E-state index contributed by atoms with van der Waals surface area (Å²) in [6.07, 6.45) is 0. The van der Waals surface area contributed by atoms with Crippen molar-refractivity contribution in [3.8, 4) is 5.75 Å². The maximum absolute atomic E-state index is 11.2. The maximum Gasteiger partial charge on any atom is 0.159 e.